The van der Waals surface area contributed by atoms with Gasteiger partial charge in [0.05, 0.1) is 19.6 Å². The van der Waals surface area contributed by atoms with Gasteiger partial charge in [-0.05, 0) is 67.1 Å². The van der Waals surface area contributed by atoms with Crippen molar-refractivity contribution in [3.8, 4) is 11.5 Å². The molecule has 0 saturated carbocycles. The highest BCUT2D eigenvalue weighted by atomic mass is 19.3. The second-order valence-corrected chi connectivity index (χ2v) is 6.79. The molecule has 6 heteroatoms. The van der Waals surface area contributed by atoms with E-state index < -0.39 is 17.8 Å². The number of rotatable bonds is 7. The third-order valence-electron chi connectivity index (χ3n) is 4.98. The van der Waals surface area contributed by atoms with Crippen molar-refractivity contribution in [2.45, 2.75) is 44.6 Å². The number of aryl methyl sites for hydroxylation is 1. The van der Waals surface area contributed by atoms with Gasteiger partial charge in [0.15, 0.2) is 0 Å². The third kappa shape index (κ3) is 4.26. The Morgan fingerprint density at radius 2 is 1.86 bits per heavy atom. The van der Waals surface area contributed by atoms with E-state index >= 15 is 0 Å². The number of carbonyl (C=O) groups is 1. The van der Waals surface area contributed by atoms with Crippen LogP contribution in [0.15, 0.2) is 42.5 Å². The molecule has 0 aliphatic heterocycles. The number of benzene rings is 2. The van der Waals surface area contributed by atoms with Gasteiger partial charge in [-0.25, -0.2) is 4.79 Å². The summed E-state index contributed by atoms with van der Waals surface area (Å²) in [7, 11) is 1.61. The Morgan fingerprint density at radius 1 is 1.14 bits per heavy atom. The molecule has 1 atom stereocenters. The van der Waals surface area contributed by atoms with E-state index in [4.69, 9.17) is 9.47 Å². The quantitative estimate of drug-likeness (QED) is 0.632. The third-order valence-corrected chi connectivity index (χ3v) is 4.98. The van der Waals surface area contributed by atoms with Crippen LogP contribution in [0.2, 0.25) is 0 Å². The van der Waals surface area contributed by atoms with Crippen molar-refractivity contribution >= 4 is 5.97 Å². The molecule has 0 spiro atoms. The highest BCUT2D eigenvalue weighted by Gasteiger charge is 2.50. The number of methoxy groups -OCH3 is 1. The van der Waals surface area contributed by atoms with Crippen LogP contribution in [0.1, 0.15) is 42.4 Å². The first-order valence-electron chi connectivity index (χ1n) is 9.39. The van der Waals surface area contributed by atoms with Crippen molar-refractivity contribution in [3.63, 3.8) is 0 Å². The van der Waals surface area contributed by atoms with Gasteiger partial charge in [0.25, 0.3) is 0 Å². The molecule has 0 N–H and O–H groups in total. The molecular formula is C22H24F2O4. The molecule has 0 fully saturated rings. The zero-order valence-electron chi connectivity index (χ0n) is 16.0. The number of ether oxygens (including phenoxy) is 3. The van der Waals surface area contributed by atoms with Crippen LogP contribution in [0.25, 0.3) is 0 Å². The van der Waals surface area contributed by atoms with E-state index in [1.54, 1.807) is 25.3 Å². The van der Waals surface area contributed by atoms with Gasteiger partial charge >= 0.3 is 11.9 Å². The monoisotopic (exact) mass is 390 g/mol. The Balaban J connectivity index is 1.74. The maximum Gasteiger partial charge on any atom is 0.377 e. The van der Waals surface area contributed by atoms with Gasteiger partial charge in [-0.1, -0.05) is 18.2 Å². The molecule has 0 aromatic heterocycles. The van der Waals surface area contributed by atoms with E-state index in [2.05, 4.69) is 4.74 Å². The summed E-state index contributed by atoms with van der Waals surface area (Å²) in [6.07, 6.45) is 1.53. The average molecular weight is 390 g/mol. The molecular weight excluding hydrogens is 366 g/mol. The highest BCUT2D eigenvalue weighted by molar-refractivity contribution is 5.79. The Labute approximate surface area is 163 Å². The molecule has 0 bridgehead atoms. The first-order chi connectivity index (χ1) is 13.5. The molecule has 0 amide bonds. The van der Waals surface area contributed by atoms with Crippen LogP contribution in [-0.4, -0.2) is 25.6 Å². The lowest BCUT2D eigenvalue weighted by Gasteiger charge is -2.30. The van der Waals surface area contributed by atoms with E-state index in [-0.39, 0.29) is 13.0 Å². The first-order valence-corrected chi connectivity index (χ1v) is 9.39. The first kappa shape index (κ1) is 20.1. The summed E-state index contributed by atoms with van der Waals surface area (Å²) < 4.78 is 44.7. The highest BCUT2D eigenvalue weighted by Crippen LogP contribution is 2.43. The number of fused-ring (bicyclic) bond motifs is 1. The summed E-state index contributed by atoms with van der Waals surface area (Å²) in [4.78, 5) is 11.7. The van der Waals surface area contributed by atoms with Crippen LogP contribution in [-0.2, 0) is 22.6 Å². The van der Waals surface area contributed by atoms with Crippen molar-refractivity contribution in [2.24, 2.45) is 0 Å². The predicted octanol–water partition coefficient (Wildman–Crippen LogP) is 4.89. The van der Waals surface area contributed by atoms with Gasteiger partial charge in [-0.15, -0.1) is 0 Å². The number of hydrogen-bond acceptors (Lipinski definition) is 4. The van der Waals surface area contributed by atoms with E-state index in [0.717, 1.165) is 16.9 Å². The van der Waals surface area contributed by atoms with Crippen molar-refractivity contribution in [1.82, 2.24) is 0 Å². The lowest BCUT2D eigenvalue weighted by atomic mass is 9.79. The fourth-order valence-corrected chi connectivity index (χ4v) is 3.52. The molecule has 1 aliphatic carbocycles. The summed E-state index contributed by atoms with van der Waals surface area (Å²) in [6, 6.07) is 12.7. The lowest BCUT2D eigenvalue weighted by Crippen LogP contribution is -2.39. The summed E-state index contributed by atoms with van der Waals surface area (Å²) in [5.41, 5.74) is 2.28. The summed E-state index contributed by atoms with van der Waals surface area (Å²) in [6.45, 7) is 1.83. The standard InChI is InChI=1S/C22H24F2O4/c1-3-27-21(25)22(23,24)20-6-4-5-16-13-18(11-12-19(16)20)28-14-15-7-9-17(26-2)10-8-15/h7-13,20H,3-6,14H2,1-2H3. The molecule has 0 heterocycles. The number of carbonyl (C=O) groups excluding carboxylic acids is 1. The second-order valence-electron chi connectivity index (χ2n) is 6.79. The SMILES string of the molecule is CCOC(=O)C(F)(F)C1CCCc2cc(OCc3ccc(OC)cc3)ccc21. The molecule has 1 unspecified atom stereocenters. The van der Waals surface area contributed by atoms with E-state index in [0.29, 0.717) is 30.8 Å². The van der Waals surface area contributed by atoms with Crippen molar-refractivity contribution in [1.29, 1.82) is 0 Å². The van der Waals surface area contributed by atoms with Crippen LogP contribution in [0, 0.1) is 0 Å². The largest absolute Gasteiger partial charge is 0.497 e. The van der Waals surface area contributed by atoms with Crippen LogP contribution in [0.3, 0.4) is 0 Å². The van der Waals surface area contributed by atoms with Gasteiger partial charge in [-0.2, -0.15) is 8.78 Å². The van der Waals surface area contributed by atoms with E-state index in [1.165, 1.54) is 6.92 Å². The van der Waals surface area contributed by atoms with Gasteiger partial charge in [0.1, 0.15) is 18.1 Å². The minimum absolute atomic E-state index is 0.0634. The van der Waals surface area contributed by atoms with Crippen molar-refractivity contribution in [2.75, 3.05) is 13.7 Å². The molecule has 0 radical (unpaired) electrons. The van der Waals surface area contributed by atoms with Crippen LogP contribution >= 0.6 is 0 Å². The van der Waals surface area contributed by atoms with Crippen LogP contribution in [0.5, 0.6) is 11.5 Å². The van der Waals surface area contributed by atoms with E-state index in [1.807, 2.05) is 24.3 Å². The van der Waals surface area contributed by atoms with Crippen molar-refractivity contribution < 1.29 is 27.8 Å². The zero-order valence-corrected chi connectivity index (χ0v) is 16.0. The molecule has 2 aromatic carbocycles. The lowest BCUT2D eigenvalue weighted by molar-refractivity contribution is -0.175. The average Bonchev–Trinajstić information content (AvgIpc) is 2.72. The molecule has 1 aliphatic rings. The normalized spacial score (nSPS) is 16.2. The van der Waals surface area contributed by atoms with Gasteiger partial charge in [0, 0.05) is 0 Å². The topological polar surface area (TPSA) is 44.8 Å². The number of halogens is 2. The number of esters is 1. The molecule has 2 aromatic rings. The van der Waals surface area contributed by atoms with Gasteiger partial charge in [0.2, 0.25) is 0 Å². The van der Waals surface area contributed by atoms with Crippen LogP contribution < -0.4 is 9.47 Å². The minimum atomic E-state index is -3.53. The van der Waals surface area contributed by atoms with Gasteiger partial charge < -0.3 is 14.2 Å². The summed E-state index contributed by atoms with van der Waals surface area (Å²) in [5, 5.41) is 0. The van der Waals surface area contributed by atoms with Gasteiger partial charge in [-0.3, -0.25) is 0 Å². The van der Waals surface area contributed by atoms with Crippen LogP contribution in [0.4, 0.5) is 8.78 Å². The fourth-order valence-electron chi connectivity index (χ4n) is 3.52. The molecule has 0 saturated heterocycles. The van der Waals surface area contributed by atoms with E-state index in [9.17, 15) is 13.6 Å². The Bertz CT molecular complexity index is 818. The summed E-state index contributed by atoms with van der Waals surface area (Å²) in [5.74, 6) is -4.75. The molecule has 3 rings (SSSR count). The summed E-state index contributed by atoms with van der Waals surface area (Å²) >= 11 is 0. The predicted molar refractivity (Wildman–Crippen MR) is 101 cm³/mol. The molecule has 4 nitrogen and oxygen atoms in total. The molecule has 150 valence electrons. The second kappa shape index (κ2) is 8.59. The Kier molecular flexibility index (Phi) is 6.17. The minimum Gasteiger partial charge on any atom is -0.497 e. The smallest absolute Gasteiger partial charge is 0.377 e. The van der Waals surface area contributed by atoms with Crippen molar-refractivity contribution in [3.05, 3.63) is 59.2 Å². The Morgan fingerprint density at radius 3 is 2.54 bits per heavy atom. The fraction of sp³-hybridized carbons (Fsp3) is 0.409. The Hall–Kier alpha value is -2.63. The zero-order chi connectivity index (χ0) is 20.1. The maximum atomic E-state index is 14.6. The molecule has 28 heavy (non-hydrogen) atoms. The number of alkyl halides is 2. The maximum absolute atomic E-state index is 14.6. The number of hydrogen-bond donors (Lipinski definition) is 0.